The van der Waals surface area contributed by atoms with E-state index in [2.05, 4.69) is 5.32 Å². The summed E-state index contributed by atoms with van der Waals surface area (Å²) in [5.74, 6) is -0.353. The largest absolute Gasteiger partial charge is 0.357 e. The summed E-state index contributed by atoms with van der Waals surface area (Å²) < 4.78 is 0. The molecule has 0 saturated heterocycles. The van der Waals surface area contributed by atoms with Gasteiger partial charge in [0.05, 0.1) is 28.0 Å². The van der Waals surface area contributed by atoms with E-state index in [0.717, 1.165) is 28.1 Å². The lowest BCUT2D eigenvalue weighted by atomic mass is 9.78. The molecule has 4 nitrogen and oxygen atoms in total. The second-order valence-electron chi connectivity index (χ2n) is 10.1. The zero-order chi connectivity index (χ0) is 27.1. The highest BCUT2D eigenvalue weighted by molar-refractivity contribution is 6.34. The molecule has 2 unspecified atom stereocenters. The number of carbonyl (C=O) groups excluding carboxylic acids is 2. The van der Waals surface area contributed by atoms with Crippen molar-refractivity contribution in [2.75, 3.05) is 10.2 Å². The lowest BCUT2D eigenvalue weighted by Gasteiger charge is -2.35. The average molecular weight is 553 g/mol. The molecule has 6 heteroatoms. The van der Waals surface area contributed by atoms with Gasteiger partial charge >= 0.3 is 0 Å². The van der Waals surface area contributed by atoms with Crippen LogP contribution in [0.5, 0.6) is 0 Å². The summed E-state index contributed by atoms with van der Waals surface area (Å²) in [4.78, 5) is 30.2. The van der Waals surface area contributed by atoms with Crippen LogP contribution in [-0.2, 0) is 4.79 Å². The van der Waals surface area contributed by atoms with Crippen molar-refractivity contribution in [1.29, 1.82) is 0 Å². The molecule has 0 saturated carbocycles. The Morgan fingerprint density at radius 2 is 1.49 bits per heavy atom. The molecular formula is C33H26Cl2N2O2. The van der Waals surface area contributed by atoms with Crippen molar-refractivity contribution in [2.24, 2.45) is 0 Å². The number of hydrogen-bond acceptors (Lipinski definition) is 3. The minimum absolute atomic E-state index is 0.0102. The van der Waals surface area contributed by atoms with Crippen molar-refractivity contribution in [1.82, 2.24) is 0 Å². The smallest absolute Gasteiger partial charge is 0.260 e. The first-order valence-corrected chi connectivity index (χ1v) is 13.7. The summed E-state index contributed by atoms with van der Waals surface area (Å²) >= 11 is 13.1. The fraction of sp³-hybridized carbons (Fsp3) is 0.152. The van der Waals surface area contributed by atoms with Crippen LogP contribution >= 0.6 is 23.2 Å². The Hall–Kier alpha value is -3.86. The van der Waals surface area contributed by atoms with Crippen LogP contribution in [-0.4, -0.2) is 11.7 Å². The third kappa shape index (κ3) is 4.64. The molecule has 0 bridgehead atoms. The highest BCUT2D eigenvalue weighted by atomic mass is 35.5. The zero-order valence-electron chi connectivity index (χ0n) is 21.3. The molecule has 0 aromatic heterocycles. The maximum Gasteiger partial charge on any atom is 0.260 e. The lowest BCUT2D eigenvalue weighted by molar-refractivity contribution is -0.116. The molecule has 0 fully saturated rings. The maximum absolute atomic E-state index is 14.4. The van der Waals surface area contributed by atoms with E-state index in [-0.39, 0.29) is 17.6 Å². The molecule has 2 aliphatic rings. The van der Waals surface area contributed by atoms with Gasteiger partial charge in [-0.25, -0.2) is 0 Å². The van der Waals surface area contributed by atoms with Gasteiger partial charge in [-0.05, 0) is 60.7 Å². The molecule has 0 spiro atoms. The number of carbonyl (C=O) groups is 2. The highest BCUT2D eigenvalue weighted by Crippen LogP contribution is 2.48. The molecule has 194 valence electrons. The third-order valence-corrected chi connectivity index (χ3v) is 8.22. The Morgan fingerprint density at radius 1 is 0.821 bits per heavy atom. The number of Topliss-reactive ketones (excluding diaryl/α,β-unsaturated/α-hetero) is 1. The van der Waals surface area contributed by atoms with Crippen LogP contribution in [0.4, 0.5) is 11.4 Å². The fourth-order valence-electron chi connectivity index (χ4n) is 5.67. The van der Waals surface area contributed by atoms with Crippen molar-refractivity contribution in [3.8, 4) is 0 Å². The fourth-order valence-corrected chi connectivity index (χ4v) is 6.17. The average Bonchev–Trinajstić information content (AvgIpc) is 3.08. The number of anilines is 2. The molecule has 1 heterocycles. The summed E-state index contributed by atoms with van der Waals surface area (Å²) in [6.45, 7) is 2.02. The van der Waals surface area contributed by atoms with E-state index in [9.17, 15) is 9.59 Å². The molecule has 2 atom stereocenters. The minimum Gasteiger partial charge on any atom is -0.357 e. The van der Waals surface area contributed by atoms with Gasteiger partial charge in [-0.15, -0.1) is 0 Å². The highest BCUT2D eigenvalue weighted by Gasteiger charge is 2.42. The van der Waals surface area contributed by atoms with Gasteiger partial charge in [-0.2, -0.15) is 0 Å². The maximum atomic E-state index is 14.4. The standard InChI is InChI=1S/C33H26Cl2N2O2/c1-20-14-16-21(17-15-20)32-31-28(18-22(19-30(31)38)23-8-2-4-10-25(23)34)36-27-12-6-7-13-29(27)37(32)33(39)24-9-3-5-11-26(24)35/h2-17,22,32,36H,18-19H2,1H3. The number of allylic oxidation sites excluding steroid dienone is 1. The predicted molar refractivity (Wildman–Crippen MR) is 158 cm³/mol. The predicted octanol–water partition coefficient (Wildman–Crippen LogP) is 8.52. The monoisotopic (exact) mass is 552 g/mol. The van der Waals surface area contributed by atoms with E-state index >= 15 is 0 Å². The zero-order valence-corrected chi connectivity index (χ0v) is 22.8. The van der Waals surface area contributed by atoms with E-state index in [1.165, 1.54) is 0 Å². The normalized spacial score (nSPS) is 18.6. The second-order valence-corrected chi connectivity index (χ2v) is 10.9. The summed E-state index contributed by atoms with van der Waals surface area (Å²) in [6.07, 6.45) is 0.896. The lowest BCUT2D eigenvalue weighted by Crippen LogP contribution is -2.38. The van der Waals surface area contributed by atoms with Gasteiger partial charge in [0, 0.05) is 22.7 Å². The molecule has 1 aliphatic heterocycles. The van der Waals surface area contributed by atoms with Crippen LogP contribution in [0.25, 0.3) is 0 Å². The topological polar surface area (TPSA) is 49.4 Å². The van der Waals surface area contributed by atoms with E-state index < -0.39 is 6.04 Å². The first-order valence-electron chi connectivity index (χ1n) is 12.9. The summed E-state index contributed by atoms with van der Waals surface area (Å²) in [5, 5.41) is 4.58. The first kappa shape index (κ1) is 25.4. The number of nitrogens with one attached hydrogen (secondary N) is 1. The van der Waals surface area contributed by atoms with Crippen LogP contribution in [0.3, 0.4) is 0 Å². The van der Waals surface area contributed by atoms with Crippen LogP contribution in [0, 0.1) is 6.92 Å². The van der Waals surface area contributed by atoms with Crippen LogP contribution in [0.2, 0.25) is 10.0 Å². The number of para-hydroxylation sites is 2. The Balaban J connectivity index is 1.58. The van der Waals surface area contributed by atoms with Gasteiger partial charge in [0.1, 0.15) is 0 Å². The van der Waals surface area contributed by atoms with Crippen molar-refractivity contribution >= 4 is 46.3 Å². The molecule has 1 N–H and O–H groups in total. The number of benzene rings is 4. The number of ketones is 1. The molecule has 6 rings (SSSR count). The first-order chi connectivity index (χ1) is 18.9. The van der Waals surface area contributed by atoms with Gasteiger partial charge in [-0.1, -0.05) is 95.5 Å². The third-order valence-electron chi connectivity index (χ3n) is 7.55. The number of amides is 1. The Morgan fingerprint density at radius 3 is 2.23 bits per heavy atom. The van der Waals surface area contributed by atoms with Crippen molar-refractivity contribution in [3.05, 3.63) is 141 Å². The Kier molecular flexibility index (Phi) is 6.76. The number of nitrogens with zero attached hydrogens (tertiary/aromatic N) is 1. The Labute approximate surface area is 237 Å². The van der Waals surface area contributed by atoms with Gasteiger partial charge in [0.25, 0.3) is 5.91 Å². The molecule has 0 radical (unpaired) electrons. The number of hydrogen-bond donors (Lipinski definition) is 1. The van der Waals surface area contributed by atoms with Crippen molar-refractivity contribution in [2.45, 2.75) is 31.7 Å². The second kappa shape index (κ2) is 10.4. The number of fused-ring (bicyclic) bond motifs is 1. The minimum atomic E-state index is -0.639. The van der Waals surface area contributed by atoms with Crippen molar-refractivity contribution in [3.63, 3.8) is 0 Å². The molecule has 4 aromatic carbocycles. The van der Waals surface area contributed by atoms with Crippen LogP contribution < -0.4 is 10.2 Å². The van der Waals surface area contributed by atoms with E-state index in [1.54, 1.807) is 29.2 Å². The van der Waals surface area contributed by atoms with Gasteiger partial charge < -0.3 is 5.32 Å². The molecule has 39 heavy (non-hydrogen) atoms. The quantitative estimate of drug-likeness (QED) is 0.277. The van der Waals surface area contributed by atoms with Crippen molar-refractivity contribution < 1.29 is 9.59 Å². The van der Waals surface area contributed by atoms with E-state index in [4.69, 9.17) is 23.2 Å². The van der Waals surface area contributed by atoms with Gasteiger partial charge in [0.15, 0.2) is 5.78 Å². The Bertz CT molecular complexity index is 1630. The molecular weight excluding hydrogens is 527 g/mol. The summed E-state index contributed by atoms with van der Waals surface area (Å²) in [5.41, 5.74) is 6.13. The number of rotatable bonds is 3. The summed E-state index contributed by atoms with van der Waals surface area (Å²) in [7, 11) is 0. The van der Waals surface area contributed by atoms with E-state index in [0.29, 0.717) is 39.7 Å². The number of aryl methyl sites for hydroxylation is 1. The molecule has 1 aliphatic carbocycles. The molecule has 4 aromatic rings. The molecule has 1 amide bonds. The van der Waals surface area contributed by atoms with Gasteiger partial charge in [-0.3, -0.25) is 14.5 Å². The van der Waals surface area contributed by atoms with Crippen LogP contribution in [0.1, 0.15) is 51.8 Å². The number of halogens is 2. The summed E-state index contributed by atoms with van der Waals surface area (Å²) in [6, 6.07) is 29.8. The SMILES string of the molecule is Cc1ccc(C2C3=C(CC(c4ccccc4Cl)CC3=O)Nc3ccccc3N2C(=O)c2ccccc2Cl)cc1. The van der Waals surface area contributed by atoms with E-state index in [1.807, 2.05) is 79.7 Å². The van der Waals surface area contributed by atoms with Gasteiger partial charge in [0.2, 0.25) is 0 Å². The van der Waals surface area contributed by atoms with Crippen LogP contribution in [0.15, 0.2) is 108 Å².